The predicted octanol–water partition coefficient (Wildman–Crippen LogP) is 1.80. The van der Waals surface area contributed by atoms with Crippen molar-refractivity contribution in [1.82, 2.24) is 5.32 Å². The molecule has 1 saturated heterocycles. The van der Waals surface area contributed by atoms with Crippen LogP contribution in [0, 0.1) is 5.92 Å². The van der Waals surface area contributed by atoms with Crippen molar-refractivity contribution >= 4 is 17.6 Å². The summed E-state index contributed by atoms with van der Waals surface area (Å²) in [5.74, 6) is -0.254. The fourth-order valence-electron chi connectivity index (χ4n) is 1.80. The van der Waals surface area contributed by atoms with Gasteiger partial charge in [-0.05, 0) is 30.7 Å². The standard InChI is InChI=1S/C15H20N2O3/c1-2-3-8-20-15(19)11-4-6-13(7-5-11)17-14(18)12-9-16-10-12/h4-7,12,16H,2-3,8-10H2,1H3,(H,17,18). The second kappa shape index (κ2) is 7.05. The molecule has 0 aromatic heterocycles. The van der Waals surface area contributed by atoms with E-state index in [-0.39, 0.29) is 17.8 Å². The van der Waals surface area contributed by atoms with Gasteiger partial charge in [-0.15, -0.1) is 0 Å². The average molecular weight is 276 g/mol. The van der Waals surface area contributed by atoms with Crippen molar-refractivity contribution in [2.45, 2.75) is 19.8 Å². The van der Waals surface area contributed by atoms with E-state index in [4.69, 9.17) is 4.74 Å². The minimum Gasteiger partial charge on any atom is -0.462 e. The van der Waals surface area contributed by atoms with E-state index in [0.29, 0.717) is 17.9 Å². The maximum Gasteiger partial charge on any atom is 0.338 e. The van der Waals surface area contributed by atoms with Crippen LogP contribution in [0.2, 0.25) is 0 Å². The number of ether oxygens (including phenoxy) is 1. The number of unbranched alkanes of at least 4 members (excludes halogenated alkanes) is 1. The number of carbonyl (C=O) groups excluding carboxylic acids is 2. The van der Waals surface area contributed by atoms with Crippen molar-refractivity contribution in [2.75, 3.05) is 25.0 Å². The second-order valence-electron chi connectivity index (χ2n) is 4.91. The van der Waals surface area contributed by atoms with E-state index in [1.807, 2.05) is 6.92 Å². The summed E-state index contributed by atoms with van der Waals surface area (Å²) in [7, 11) is 0. The maximum absolute atomic E-state index is 11.7. The van der Waals surface area contributed by atoms with Crippen LogP contribution in [0.15, 0.2) is 24.3 Å². The molecule has 20 heavy (non-hydrogen) atoms. The molecule has 5 heteroatoms. The lowest BCUT2D eigenvalue weighted by atomic mass is 10.0. The number of esters is 1. The second-order valence-corrected chi connectivity index (χ2v) is 4.91. The molecule has 1 heterocycles. The van der Waals surface area contributed by atoms with Gasteiger partial charge in [0.05, 0.1) is 18.1 Å². The molecule has 0 radical (unpaired) electrons. The SMILES string of the molecule is CCCCOC(=O)c1ccc(NC(=O)C2CNC2)cc1. The summed E-state index contributed by atoms with van der Waals surface area (Å²) in [4.78, 5) is 23.4. The number of rotatable bonds is 6. The lowest BCUT2D eigenvalue weighted by molar-refractivity contribution is -0.121. The van der Waals surface area contributed by atoms with Crippen LogP contribution in [0.25, 0.3) is 0 Å². The lowest BCUT2D eigenvalue weighted by Gasteiger charge is -2.25. The first-order valence-corrected chi connectivity index (χ1v) is 6.99. The van der Waals surface area contributed by atoms with Crippen molar-refractivity contribution in [3.8, 4) is 0 Å². The molecule has 2 rings (SSSR count). The molecule has 2 N–H and O–H groups in total. The van der Waals surface area contributed by atoms with E-state index in [1.165, 1.54) is 0 Å². The number of nitrogens with one attached hydrogen (secondary N) is 2. The zero-order valence-electron chi connectivity index (χ0n) is 11.6. The third kappa shape index (κ3) is 3.81. The molecular formula is C15H20N2O3. The quantitative estimate of drug-likeness (QED) is 0.614. The number of hydrogen-bond donors (Lipinski definition) is 2. The summed E-state index contributed by atoms with van der Waals surface area (Å²) < 4.78 is 5.12. The van der Waals surface area contributed by atoms with Crippen LogP contribution in [-0.2, 0) is 9.53 Å². The Kier molecular flexibility index (Phi) is 5.12. The highest BCUT2D eigenvalue weighted by atomic mass is 16.5. The summed E-state index contributed by atoms with van der Waals surface area (Å²) in [5.41, 5.74) is 1.21. The van der Waals surface area contributed by atoms with Crippen LogP contribution < -0.4 is 10.6 Å². The summed E-state index contributed by atoms with van der Waals surface area (Å²) in [6.07, 6.45) is 1.86. The van der Waals surface area contributed by atoms with Crippen molar-refractivity contribution in [3.05, 3.63) is 29.8 Å². The average Bonchev–Trinajstić information content (AvgIpc) is 2.37. The molecule has 1 fully saturated rings. The van der Waals surface area contributed by atoms with Gasteiger partial charge in [-0.25, -0.2) is 4.79 Å². The molecular weight excluding hydrogens is 256 g/mol. The van der Waals surface area contributed by atoms with Gasteiger partial charge in [0.2, 0.25) is 5.91 Å². The van der Waals surface area contributed by atoms with Gasteiger partial charge in [-0.2, -0.15) is 0 Å². The van der Waals surface area contributed by atoms with Crippen molar-refractivity contribution in [2.24, 2.45) is 5.92 Å². The minimum absolute atomic E-state index is 0.0158. The van der Waals surface area contributed by atoms with Gasteiger partial charge in [0.25, 0.3) is 0 Å². The Morgan fingerprint density at radius 1 is 1.30 bits per heavy atom. The molecule has 0 bridgehead atoms. The molecule has 1 aromatic rings. The van der Waals surface area contributed by atoms with Gasteiger partial charge in [0.1, 0.15) is 0 Å². The topological polar surface area (TPSA) is 67.4 Å². The van der Waals surface area contributed by atoms with Gasteiger partial charge in [-0.3, -0.25) is 4.79 Å². The molecule has 0 atom stereocenters. The van der Waals surface area contributed by atoms with Crippen LogP contribution in [0.1, 0.15) is 30.1 Å². The third-order valence-corrected chi connectivity index (χ3v) is 3.27. The molecule has 0 unspecified atom stereocenters. The Bertz CT molecular complexity index is 467. The van der Waals surface area contributed by atoms with Gasteiger partial charge >= 0.3 is 5.97 Å². The summed E-state index contributed by atoms with van der Waals surface area (Å²) in [6.45, 7) is 3.95. The Balaban J connectivity index is 1.85. The first-order valence-electron chi connectivity index (χ1n) is 6.99. The molecule has 108 valence electrons. The fourth-order valence-corrected chi connectivity index (χ4v) is 1.80. The third-order valence-electron chi connectivity index (χ3n) is 3.27. The van der Waals surface area contributed by atoms with E-state index in [0.717, 1.165) is 25.9 Å². The van der Waals surface area contributed by atoms with Gasteiger partial charge in [0.15, 0.2) is 0 Å². The smallest absolute Gasteiger partial charge is 0.338 e. The van der Waals surface area contributed by atoms with Crippen LogP contribution in [-0.4, -0.2) is 31.6 Å². The van der Waals surface area contributed by atoms with E-state index in [2.05, 4.69) is 10.6 Å². The molecule has 5 nitrogen and oxygen atoms in total. The molecule has 0 saturated carbocycles. The van der Waals surface area contributed by atoms with Gasteiger partial charge < -0.3 is 15.4 Å². The molecule has 1 amide bonds. The van der Waals surface area contributed by atoms with E-state index in [9.17, 15) is 9.59 Å². The van der Waals surface area contributed by atoms with Gasteiger partial charge in [-0.1, -0.05) is 13.3 Å². The lowest BCUT2D eigenvalue weighted by Crippen LogP contribution is -2.48. The highest BCUT2D eigenvalue weighted by Crippen LogP contribution is 2.13. The number of benzene rings is 1. The van der Waals surface area contributed by atoms with Crippen molar-refractivity contribution in [3.63, 3.8) is 0 Å². The van der Waals surface area contributed by atoms with Crippen molar-refractivity contribution in [1.29, 1.82) is 0 Å². The van der Waals surface area contributed by atoms with Crippen LogP contribution in [0.4, 0.5) is 5.69 Å². The number of hydrogen-bond acceptors (Lipinski definition) is 4. The highest BCUT2D eigenvalue weighted by Gasteiger charge is 2.24. The predicted molar refractivity (Wildman–Crippen MR) is 76.6 cm³/mol. The fraction of sp³-hybridized carbons (Fsp3) is 0.467. The van der Waals surface area contributed by atoms with Gasteiger partial charge in [0, 0.05) is 18.8 Å². The molecule has 1 aliphatic heterocycles. The minimum atomic E-state index is -0.320. The van der Waals surface area contributed by atoms with Crippen molar-refractivity contribution < 1.29 is 14.3 Å². The van der Waals surface area contributed by atoms with Crippen LogP contribution in [0.5, 0.6) is 0 Å². The normalized spacial score (nSPS) is 14.4. The Morgan fingerprint density at radius 3 is 2.55 bits per heavy atom. The Hall–Kier alpha value is -1.88. The van der Waals surface area contributed by atoms with E-state index >= 15 is 0 Å². The zero-order chi connectivity index (χ0) is 14.4. The van der Waals surface area contributed by atoms with E-state index < -0.39 is 0 Å². The number of carbonyl (C=O) groups is 2. The monoisotopic (exact) mass is 276 g/mol. The Morgan fingerprint density at radius 2 is 2.00 bits per heavy atom. The van der Waals surface area contributed by atoms with Crippen LogP contribution >= 0.6 is 0 Å². The molecule has 0 spiro atoms. The molecule has 0 aliphatic carbocycles. The first-order chi connectivity index (χ1) is 9.70. The Labute approximate surface area is 118 Å². The summed E-state index contributed by atoms with van der Waals surface area (Å²) in [5, 5.41) is 5.89. The number of amides is 1. The summed E-state index contributed by atoms with van der Waals surface area (Å²) in [6, 6.07) is 6.78. The maximum atomic E-state index is 11.7. The molecule has 1 aromatic carbocycles. The van der Waals surface area contributed by atoms with E-state index in [1.54, 1.807) is 24.3 Å². The highest BCUT2D eigenvalue weighted by molar-refractivity contribution is 5.94. The van der Waals surface area contributed by atoms with Crippen LogP contribution in [0.3, 0.4) is 0 Å². The number of anilines is 1. The largest absolute Gasteiger partial charge is 0.462 e. The summed E-state index contributed by atoms with van der Waals surface area (Å²) >= 11 is 0. The first kappa shape index (κ1) is 14.5. The molecule has 1 aliphatic rings. The zero-order valence-corrected chi connectivity index (χ0v) is 11.6.